The molecule has 3 fully saturated rings. The molecule has 0 aromatic carbocycles. The smallest absolute Gasteiger partial charge is 0.329 e. The highest BCUT2D eigenvalue weighted by Crippen LogP contribution is 2.36. The second kappa shape index (κ2) is 25.8. The molecule has 15 atom stereocenters. The summed E-state index contributed by atoms with van der Waals surface area (Å²) in [6, 6.07) is -1.15. The van der Waals surface area contributed by atoms with Gasteiger partial charge in [0.2, 0.25) is 5.78 Å². The van der Waals surface area contributed by atoms with Crippen LogP contribution in [0.4, 0.5) is 0 Å². The van der Waals surface area contributed by atoms with E-state index >= 15 is 0 Å². The highest BCUT2D eigenvalue weighted by atomic mass is 16.6. The highest BCUT2D eigenvalue weighted by Gasteiger charge is 2.53. The minimum atomic E-state index is -2.82. The van der Waals surface area contributed by atoms with Gasteiger partial charge in [0.05, 0.1) is 24.9 Å². The molecule has 66 heavy (non-hydrogen) atoms. The number of cyclic esters (lactones) is 1. The van der Waals surface area contributed by atoms with Gasteiger partial charge in [-0.1, -0.05) is 71.1 Å². The Bertz CT molecular complexity index is 1770. The summed E-state index contributed by atoms with van der Waals surface area (Å²) in [6.07, 6.45) is 12.3. The van der Waals surface area contributed by atoms with Gasteiger partial charge in [-0.05, 0) is 119 Å². The number of ether oxygens (including phenoxy) is 5. The molecule has 4 rings (SSSR count). The SMILES string of the molecule is CO[C@H]1C[C@@H]2CC[C@@H](C)C(=O)C(O)(OC2)C(=O)N2CCCC[C@H]2C(=O)O[C@H]([C@H](C)C[C@@H]2CC[C@@H](O)[C@H](OC)C2)CC(=O)[C@H](C)C=C(C)[C@@H](O)[C@@H](OC)C(=O)[C@H](C)C[C@H](C)C=CC=CC=C1C. The summed E-state index contributed by atoms with van der Waals surface area (Å²) in [4.78, 5) is 72.1. The summed E-state index contributed by atoms with van der Waals surface area (Å²) in [5, 5.41) is 34.0. The molecular formula is C52H81NO13. The Kier molecular flexibility index (Phi) is 21.6. The molecule has 1 saturated carbocycles. The Labute approximate surface area is 393 Å². The largest absolute Gasteiger partial charge is 0.460 e. The summed E-state index contributed by atoms with van der Waals surface area (Å²) in [7, 11) is 4.57. The number of esters is 1. The van der Waals surface area contributed by atoms with Crippen LogP contribution in [0.15, 0.2) is 47.6 Å². The van der Waals surface area contributed by atoms with Crippen LogP contribution in [0.1, 0.15) is 126 Å². The number of amides is 1. The molecule has 14 nitrogen and oxygen atoms in total. The number of hydrogen-bond acceptors (Lipinski definition) is 13. The van der Waals surface area contributed by atoms with Crippen LogP contribution in [0.25, 0.3) is 0 Å². The van der Waals surface area contributed by atoms with Gasteiger partial charge in [-0.25, -0.2) is 4.79 Å². The van der Waals surface area contributed by atoms with Crippen molar-refractivity contribution in [3.05, 3.63) is 47.6 Å². The minimum absolute atomic E-state index is 0.0285. The molecular weight excluding hydrogens is 847 g/mol. The first kappa shape index (κ1) is 55.2. The molecule has 0 aromatic heterocycles. The van der Waals surface area contributed by atoms with Gasteiger partial charge in [0.25, 0.3) is 5.91 Å². The van der Waals surface area contributed by atoms with E-state index in [1.165, 1.54) is 12.0 Å². The third-order valence-electron chi connectivity index (χ3n) is 14.7. The van der Waals surface area contributed by atoms with E-state index in [4.69, 9.17) is 23.7 Å². The fourth-order valence-electron chi connectivity index (χ4n) is 10.3. The maximum absolute atomic E-state index is 14.6. The van der Waals surface area contributed by atoms with Crippen LogP contribution in [0.3, 0.4) is 0 Å². The number of fused-ring (bicyclic) bond motifs is 4. The van der Waals surface area contributed by atoms with Gasteiger partial charge in [-0.15, -0.1) is 0 Å². The summed E-state index contributed by atoms with van der Waals surface area (Å²) < 4.78 is 29.4. The Morgan fingerprint density at radius 3 is 2.24 bits per heavy atom. The molecule has 372 valence electrons. The fourth-order valence-corrected chi connectivity index (χ4v) is 10.3. The molecule has 3 heterocycles. The number of carbonyl (C=O) groups is 5. The lowest BCUT2D eigenvalue weighted by Crippen LogP contribution is -2.62. The zero-order chi connectivity index (χ0) is 48.9. The number of allylic oxidation sites excluding steroid dienone is 6. The molecule has 0 radical (unpaired) electrons. The van der Waals surface area contributed by atoms with E-state index in [9.17, 15) is 39.3 Å². The number of piperidine rings is 1. The minimum Gasteiger partial charge on any atom is -0.460 e. The molecule has 1 aliphatic carbocycles. The molecule has 2 saturated heterocycles. The van der Waals surface area contributed by atoms with E-state index < -0.39 is 71.7 Å². The van der Waals surface area contributed by atoms with Crippen molar-refractivity contribution in [1.29, 1.82) is 0 Å². The number of Topliss-reactive ketones (excluding diaryl/α,β-unsaturated/α-hetero) is 3. The summed E-state index contributed by atoms with van der Waals surface area (Å²) in [5.41, 5.74) is 1.33. The number of aliphatic hydroxyl groups excluding tert-OH is 2. The Balaban J connectivity index is 1.72. The monoisotopic (exact) mass is 928 g/mol. The van der Waals surface area contributed by atoms with Crippen LogP contribution >= 0.6 is 0 Å². The van der Waals surface area contributed by atoms with E-state index in [0.717, 1.165) is 12.0 Å². The van der Waals surface area contributed by atoms with Crippen LogP contribution in [0.5, 0.6) is 0 Å². The number of carbonyl (C=O) groups excluding carboxylic acids is 5. The van der Waals surface area contributed by atoms with Crippen molar-refractivity contribution in [3.8, 4) is 0 Å². The standard InChI is InChI=1S/C52H81NO13/c1-31-16-12-11-13-17-32(2)43(62-8)28-39-20-19-33(3)49(58)52(61,65-30-39)51(60)53-23-15-14-18-40(53)50(59)66-44(35(5)26-38-21-22-41(54)45(27-38)63-9)29-42(55)34(4)25-37(7)47(57)48(64-10)46(56)36(6)24-31/h11-13,16-17,25,31,33-36,38-41,43-45,47-48,54,57,61H,14-15,18-24,26-30H2,1-10H3/t31-,33-,34-,35-,36-,38+,39+,40+,41-,43+,44+,45-,47-,48+,52?/m1/s1. The van der Waals surface area contributed by atoms with E-state index in [-0.39, 0.29) is 73.4 Å². The van der Waals surface area contributed by atoms with Gasteiger partial charge >= 0.3 is 11.8 Å². The lowest BCUT2D eigenvalue weighted by molar-refractivity contribution is -0.226. The zero-order valence-electron chi connectivity index (χ0n) is 41.3. The molecule has 1 unspecified atom stereocenters. The Hall–Kier alpha value is -3.37. The van der Waals surface area contributed by atoms with Gasteiger partial charge < -0.3 is 43.9 Å². The van der Waals surface area contributed by atoms with E-state index in [2.05, 4.69) is 0 Å². The zero-order valence-corrected chi connectivity index (χ0v) is 41.3. The van der Waals surface area contributed by atoms with E-state index in [1.807, 2.05) is 58.1 Å². The lowest BCUT2D eigenvalue weighted by Gasteiger charge is -2.41. The van der Waals surface area contributed by atoms with Crippen molar-refractivity contribution >= 4 is 29.2 Å². The van der Waals surface area contributed by atoms with Crippen molar-refractivity contribution in [2.45, 2.75) is 174 Å². The molecule has 0 aromatic rings. The predicted octanol–water partition coefficient (Wildman–Crippen LogP) is 6.43. The summed E-state index contributed by atoms with van der Waals surface area (Å²) in [6.45, 7) is 12.7. The van der Waals surface area contributed by atoms with Crippen LogP contribution in [-0.2, 0) is 47.7 Å². The van der Waals surface area contributed by atoms with E-state index in [0.29, 0.717) is 63.4 Å². The first-order valence-corrected chi connectivity index (χ1v) is 24.4. The summed E-state index contributed by atoms with van der Waals surface area (Å²) in [5.74, 6) is -8.11. The van der Waals surface area contributed by atoms with Crippen molar-refractivity contribution in [1.82, 2.24) is 4.90 Å². The third-order valence-corrected chi connectivity index (χ3v) is 14.7. The van der Waals surface area contributed by atoms with Crippen LogP contribution in [-0.4, -0.2) is 132 Å². The van der Waals surface area contributed by atoms with Gasteiger partial charge in [-0.2, -0.15) is 0 Å². The quantitative estimate of drug-likeness (QED) is 0.150. The van der Waals surface area contributed by atoms with Crippen molar-refractivity contribution in [2.24, 2.45) is 41.4 Å². The second-order valence-corrected chi connectivity index (χ2v) is 20.0. The molecule has 2 bridgehead atoms. The first-order valence-electron chi connectivity index (χ1n) is 24.4. The fraction of sp³-hybridized carbons (Fsp3) is 0.750. The van der Waals surface area contributed by atoms with Crippen molar-refractivity contribution < 1.29 is 63.0 Å². The molecule has 14 heteroatoms. The first-order chi connectivity index (χ1) is 31.2. The maximum atomic E-state index is 14.6. The number of ketones is 3. The van der Waals surface area contributed by atoms with Gasteiger partial charge in [0.1, 0.15) is 30.1 Å². The van der Waals surface area contributed by atoms with Crippen LogP contribution < -0.4 is 0 Å². The molecule has 1 amide bonds. The van der Waals surface area contributed by atoms with Gasteiger partial charge in [-0.3, -0.25) is 19.2 Å². The van der Waals surface area contributed by atoms with Crippen molar-refractivity contribution in [3.63, 3.8) is 0 Å². The molecule has 3 aliphatic heterocycles. The number of methoxy groups -OCH3 is 3. The lowest BCUT2D eigenvalue weighted by atomic mass is 9.78. The number of nitrogens with zero attached hydrogens (tertiary/aromatic N) is 1. The van der Waals surface area contributed by atoms with Gasteiger partial charge in [0.15, 0.2) is 5.78 Å². The molecule has 0 spiro atoms. The topological polar surface area (TPSA) is 195 Å². The van der Waals surface area contributed by atoms with Gasteiger partial charge in [0, 0.05) is 52.0 Å². The Morgan fingerprint density at radius 1 is 0.833 bits per heavy atom. The molecule has 3 N–H and O–H groups in total. The highest BCUT2D eigenvalue weighted by molar-refractivity contribution is 6.09. The normalized spacial score (nSPS) is 37.6. The van der Waals surface area contributed by atoms with E-state index in [1.54, 1.807) is 41.1 Å². The van der Waals surface area contributed by atoms with Crippen LogP contribution in [0, 0.1) is 41.4 Å². The second-order valence-electron chi connectivity index (χ2n) is 20.0. The molecule has 4 aliphatic rings. The van der Waals surface area contributed by atoms with Crippen molar-refractivity contribution in [2.75, 3.05) is 34.5 Å². The Morgan fingerprint density at radius 2 is 1.56 bits per heavy atom. The number of aliphatic hydroxyl groups is 3. The summed E-state index contributed by atoms with van der Waals surface area (Å²) >= 11 is 0. The maximum Gasteiger partial charge on any atom is 0.329 e. The number of rotatable bonds is 6. The number of hydrogen-bond donors (Lipinski definition) is 3. The average Bonchev–Trinajstić information content (AvgIpc) is 3.29. The third kappa shape index (κ3) is 14.6. The average molecular weight is 928 g/mol. The van der Waals surface area contributed by atoms with Crippen LogP contribution in [0.2, 0.25) is 0 Å². The predicted molar refractivity (Wildman–Crippen MR) is 250 cm³/mol.